The number of hydrogen-bond acceptors (Lipinski definition) is 3. The molecule has 2 aromatic carbocycles. The molecule has 5 nitrogen and oxygen atoms in total. The molecule has 1 saturated heterocycles. The largest absolute Gasteiger partial charge is 0.336 e. The second-order valence-corrected chi connectivity index (χ2v) is 7.02. The molecule has 1 fully saturated rings. The quantitative estimate of drug-likeness (QED) is 0.878. The first kappa shape index (κ1) is 19.9. The third-order valence-electron chi connectivity index (χ3n) is 5.01. The van der Waals surface area contributed by atoms with E-state index >= 15 is 0 Å². The number of nitrogens with one attached hydrogen (secondary N) is 1. The summed E-state index contributed by atoms with van der Waals surface area (Å²) >= 11 is 0. The highest BCUT2D eigenvalue weighted by molar-refractivity contribution is 5.94. The number of piperazine rings is 1. The fourth-order valence-electron chi connectivity index (χ4n) is 3.25. The lowest BCUT2D eigenvalue weighted by molar-refractivity contribution is -0.117. The zero-order valence-electron chi connectivity index (χ0n) is 16.0. The van der Waals surface area contributed by atoms with Gasteiger partial charge in [0.2, 0.25) is 5.91 Å². The molecule has 0 aliphatic carbocycles. The number of halogens is 2. The molecule has 0 spiro atoms. The van der Waals surface area contributed by atoms with Gasteiger partial charge < -0.3 is 10.2 Å². The lowest BCUT2D eigenvalue weighted by Crippen LogP contribution is -2.50. The minimum atomic E-state index is -0.773. The summed E-state index contributed by atoms with van der Waals surface area (Å²) in [4.78, 5) is 28.3. The summed E-state index contributed by atoms with van der Waals surface area (Å²) in [7, 11) is 0. The number of carbonyl (C=O) groups excluding carboxylic acids is 2. The maximum absolute atomic E-state index is 13.3. The molecular weight excluding hydrogens is 364 g/mol. The van der Waals surface area contributed by atoms with Gasteiger partial charge in [-0.1, -0.05) is 12.1 Å². The highest BCUT2D eigenvalue weighted by Gasteiger charge is 2.24. The topological polar surface area (TPSA) is 52.7 Å². The van der Waals surface area contributed by atoms with E-state index in [0.717, 1.165) is 35.0 Å². The maximum atomic E-state index is 13.3. The van der Waals surface area contributed by atoms with Gasteiger partial charge in [-0.25, -0.2) is 8.78 Å². The first-order valence-electron chi connectivity index (χ1n) is 9.17. The van der Waals surface area contributed by atoms with E-state index in [1.165, 1.54) is 0 Å². The highest BCUT2D eigenvalue weighted by atomic mass is 19.1. The summed E-state index contributed by atoms with van der Waals surface area (Å²) in [5.41, 5.74) is 2.94. The SMILES string of the molecule is Cc1cccc(NC(=O)CN2CCN(C(=O)c3cc(F)cc(F)c3)CC2)c1C. The van der Waals surface area contributed by atoms with Crippen molar-refractivity contribution in [2.75, 3.05) is 38.0 Å². The fraction of sp³-hybridized carbons (Fsp3) is 0.333. The van der Waals surface area contributed by atoms with Crippen LogP contribution in [0.3, 0.4) is 0 Å². The smallest absolute Gasteiger partial charge is 0.254 e. The van der Waals surface area contributed by atoms with Gasteiger partial charge >= 0.3 is 0 Å². The van der Waals surface area contributed by atoms with Gasteiger partial charge in [-0.05, 0) is 43.2 Å². The normalized spacial score (nSPS) is 14.8. The molecule has 2 amide bonds. The third kappa shape index (κ3) is 4.72. The number of benzene rings is 2. The van der Waals surface area contributed by atoms with Crippen LogP contribution in [-0.4, -0.2) is 54.3 Å². The minimum Gasteiger partial charge on any atom is -0.336 e. The van der Waals surface area contributed by atoms with E-state index in [9.17, 15) is 18.4 Å². The Bertz CT molecular complexity index is 873. The summed E-state index contributed by atoms with van der Waals surface area (Å²) in [5, 5.41) is 2.93. The van der Waals surface area contributed by atoms with E-state index in [0.29, 0.717) is 26.2 Å². The third-order valence-corrected chi connectivity index (χ3v) is 5.01. The van der Waals surface area contributed by atoms with Crippen molar-refractivity contribution in [1.82, 2.24) is 9.80 Å². The highest BCUT2D eigenvalue weighted by Crippen LogP contribution is 2.18. The summed E-state index contributed by atoms with van der Waals surface area (Å²) in [6.45, 7) is 6.01. The van der Waals surface area contributed by atoms with Crippen LogP contribution < -0.4 is 5.32 Å². The predicted molar refractivity (Wildman–Crippen MR) is 103 cm³/mol. The Labute approximate surface area is 162 Å². The van der Waals surface area contributed by atoms with Crippen LogP contribution in [0, 0.1) is 25.5 Å². The molecule has 0 aromatic heterocycles. The summed E-state index contributed by atoms with van der Waals surface area (Å²) in [6, 6.07) is 8.58. The van der Waals surface area contributed by atoms with Gasteiger partial charge in [0.05, 0.1) is 6.54 Å². The van der Waals surface area contributed by atoms with Crippen LogP contribution in [0.1, 0.15) is 21.5 Å². The first-order valence-corrected chi connectivity index (χ1v) is 9.17. The van der Waals surface area contributed by atoms with Crippen molar-refractivity contribution in [3.63, 3.8) is 0 Å². The van der Waals surface area contributed by atoms with Crippen molar-refractivity contribution in [2.24, 2.45) is 0 Å². The molecule has 28 heavy (non-hydrogen) atoms. The molecule has 3 rings (SSSR count). The van der Waals surface area contributed by atoms with Crippen LogP contribution in [0.2, 0.25) is 0 Å². The van der Waals surface area contributed by atoms with E-state index < -0.39 is 17.5 Å². The van der Waals surface area contributed by atoms with E-state index in [1.54, 1.807) is 4.90 Å². The number of rotatable bonds is 4. The zero-order valence-corrected chi connectivity index (χ0v) is 16.0. The minimum absolute atomic E-state index is 0.00128. The molecule has 2 aromatic rings. The Morgan fingerprint density at radius 1 is 1.00 bits per heavy atom. The number of anilines is 1. The molecule has 148 valence electrons. The van der Waals surface area contributed by atoms with Crippen molar-refractivity contribution in [1.29, 1.82) is 0 Å². The summed E-state index contributed by atoms with van der Waals surface area (Å²) < 4.78 is 26.7. The zero-order chi connectivity index (χ0) is 20.3. The van der Waals surface area contributed by atoms with Crippen molar-refractivity contribution < 1.29 is 18.4 Å². The predicted octanol–water partition coefficient (Wildman–Crippen LogP) is 2.98. The Balaban J connectivity index is 1.53. The number of hydrogen-bond donors (Lipinski definition) is 1. The van der Waals surface area contributed by atoms with Gasteiger partial charge in [0, 0.05) is 43.5 Å². The van der Waals surface area contributed by atoms with Gasteiger partial charge in [-0.2, -0.15) is 0 Å². The molecule has 0 bridgehead atoms. The monoisotopic (exact) mass is 387 g/mol. The summed E-state index contributed by atoms with van der Waals surface area (Å²) in [6.07, 6.45) is 0. The van der Waals surface area contributed by atoms with Crippen LogP contribution in [-0.2, 0) is 4.79 Å². The number of amides is 2. The Hall–Kier alpha value is -2.80. The molecule has 0 unspecified atom stereocenters. The van der Waals surface area contributed by atoms with Gasteiger partial charge in [0.25, 0.3) is 5.91 Å². The van der Waals surface area contributed by atoms with Crippen molar-refractivity contribution in [3.05, 3.63) is 64.7 Å². The second-order valence-electron chi connectivity index (χ2n) is 7.02. The number of aryl methyl sites for hydroxylation is 1. The van der Waals surface area contributed by atoms with Gasteiger partial charge in [0.15, 0.2) is 0 Å². The molecule has 1 aliphatic heterocycles. The van der Waals surface area contributed by atoms with Crippen LogP contribution in [0.15, 0.2) is 36.4 Å². The molecule has 7 heteroatoms. The number of nitrogens with zero attached hydrogens (tertiary/aromatic N) is 2. The second kappa shape index (κ2) is 8.48. The van der Waals surface area contributed by atoms with Crippen molar-refractivity contribution in [3.8, 4) is 0 Å². The Kier molecular flexibility index (Phi) is 6.04. The van der Waals surface area contributed by atoms with Crippen LogP contribution >= 0.6 is 0 Å². The van der Waals surface area contributed by atoms with Crippen LogP contribution in [0.25, 0.3) is 0 Å². The standard InChI is InChI=1S/C21H23F2N3O2/c1-14-4-3-5-19(15(14)2)24-20(27)13-25-6-8-26(9-7-25)21(28)16-10-17(22)12-18(23)11-16/h3-5,10-12H,6-9,13H2,1-2H3,(H,24,27). The summed E-state index contributed by atoms with van der Waals surface area (Å²) in [5.74, 6) is -2.06. The van der Waals surface area contributed by atoms with Gasteiger partial charge in [0.1, 0.15) is 11.6 Å². The van der Waals surface area contributed by atoms with Gasteiger partial charge in [-0.15, -0.1) is 0 Å². The fourth-order valence-corrected chi connectivity index (χ4v) is 3.25. The first-order chi connectivity index (χ1) is 13.3. The Morgan fingerprint density at radius 3 is 2.29 bits per heavy atom. The van der Waals surface area contributed by atoms with E-state index in [4.69, 9.17) is 0 Å². The maximum Gasteiger partial charge on any atom is 0.254 e. The van der Waals surface area contributed by atoms with E-state index in [-0.39, 0.29) is 18.0 Å². The van der Waals surface area contributed by atoms with E-state index in [2.05, 4.69) is 5.32 Å². The lowest BCUT2D eigenvalue weighted by atomic mass is 10.1. The molecule has 0 atom stereocenters. The van der Waals surface area contributed by atoms with Crippen molar-refractivity contribution in [2.45, 2.75) is 13.8 Å². The molecule has 1 aliphatic rings. The van der Waals surface area contributed by atoms with Crippen LogP contribution in [0.5, 0.6) is 0 Å². The average molecular weight is 387 g/mol. The lowest BCUT2D eigenvalue weighted by Gasteiger charge is -2.34. The molecule has 0 radical (unpaired) electrons. The number of carbonyl (C=O) groups is 2. The van der Waals surface area contributed by atoms with Crippen molar-refractivity contribution >= 4 is 17.5 Å². The Morgan fingerprint density at radius 2 is 1.64 bits per heavy atom. The van der Waals surface area contributed by atoms with E-state index in [1.807, 2.05) is 36.9 Å². The van der Waals surface area contributed by atoms with Gasteiger partial charge in [-0.3, -0.25) is 14.5 Å². The van der Waals surface area contributed by atoms with Crippen LogP contribution in [0.4, 0.5) is 14.5 Å². The molecular formula is C21H23F2N3O2. The molecule has 0 saturated carbocycles. The average Bonchev–Trinajstić information content (AvgIpc) is 2.65. The molecule has 1 heterocycles. The molecule has 1 N–H and O–H groups in total.